The summed E-state index contributed by atoms with van der Waals surface area (Å²) in [5.74, 6) is -0.385. The van der Waals surface area contributed by atoms with Gasteiger partial charge < -0.3 is 5.32 Å². The van der Waals surface area contributed by atoms with Crippen LogP contribution in [0.25, 0.3) is 0 Å². The van der Waals surface area contributed by atoms with Gasteiger partial charge in [-0.3, -0.25) is 9.59 Å². The zero-order valence-electron chi connectivity index (χ0n) is 13.3. The van der Waals surface area contributed by atoms with Crippen molar-refractivity contribution in [2.45, 2.75) is 19.3 Å². The standard InChI is InChI=1S/C18H17BrClN3O2/c19-14-6-3-7-15(11-14)22-17(24)9-4-10-18(25)23-21-12-13-5-1-2-8-16(13)20/h1-3,5-8,11-12H,4,9-10H2,(H,22,24)(H,23,25)/b21-12+. The quantitative estimate of drug-likeness (QED) is 0.514. The molecule has 2 rings (SSSR count). The van der Waals surface area contributed by atoms with Crippen molar-refractivity contribution < 1.29 is 9.59 Å². The van der Waals surface area contributed by atoms with Gasteiger partial charge in [0.05, 0.1) is 6.21 Å². The van der Waals surface area contributed by atoms with Gasteiger partial charge >= 0.3 is 0 Å². The lowest BCUT2D eigenvalue weighted by Gasteiger charge is -2.05. The first kappa shape index (κ1) is 19.1. The molecule has 0 atom stereocenters. The molecule has 0 aliphatic carbocycles. The van der Waals surface area contributed by atoms with Crippen molar-refractivity contribution in [3.05, 3.63) is 63.6 Å². The molecular weight excluding hydrogens is 406 g/mol. The number of carbonyl (C=O) groups is 2. The topological polar surface area (TPSA) is 70.6 Å². The maximum Gasteiger partial charge on any atom is 0.240 e. The van der Waals surface area contributed by atoms with Gasteiger partial charge in [0.2, 0.25) is 11.8 Å². The van der Waals surface area contributed by atoms with Crippen LogP contribution >= 0.6 is 27.5 Å². The van der Waals surface area contributed by atoms with E-state index in [1.807, 2.05) is 30.3 Å². The normalized spacial score (nSPS) is 10.6. The fourth-order valence-electron chi connectivity index (χ4n) is 2.01. The molecule has 0 aliphatic rings. The van der Waals surface area contributed by atoms with Crippen LogP contribution in [0.5, 0.6) is 0 Å². The van der Waals surface area contributed by atoms with E-state index in [9.17, 15) is 9.59 Å². The highest BCUT2D eigenvalue weighted by Gasteiger charge is 2.05. The van der Waals surface area contributed by atoms with Crippen molar-refractivity contribution >= 4 is 51.2 Å². The molecule has 0 spiro atoms. The second-order valence-corrected chi connectivity index (χ2v) is 6.55. The maximum atomic E-state index is 11.8. The Morgan fingerprint density at radius 3 is 2.60 bits per heavy atom. The smallest absolute Gasteiger partial charge is 0.240 e. The number of nitrogens with zero attached hydrogens (tertiary/aromatic N) is 1. The fourth-order valence-corrected chi connectivity index (χ4v) is 2.59. The number of hydrogen-bond acceptors (Lipinski definition) is 3. The molecule has 25 heavy (non-hydrogen) atoms. The molecule has 5 nitrogen and oxygen atoms in total. The highest BCUT2D eigenvalue weighted by atomic mass is 79.9. The first-order chi connectivity index (χ1) is 12.0. The summed E-state index contributed by atoms with van der Waals surface area (Å²) in [4.78, 5) is 23.5. The number of anilines is 1. The minimum Gasteiger partial charge on any atom is -0.326 e. The van der Waals surface area contributed by atoms with Gasteiger partial charge in [0, 0.05) is 33.6 Å². The van der Waals surface area contributed by atoms with Crippen LogP contribution in [0.3, 0.4) is 0 Å². The van der Waals surface area contributed by atoms with Crippen LogP contribution in [0.15, 0.2) is 58.1 Å². The number of carbonyl (C=O) groups excluding carboxylic acids is 2. The van der Waals surface area contributed by atoms with Crippen LogP contribution in [0.4, 0.5) is 5.69 Å². The predicted octanol–water partition coefficient (Wildman–Crippen LogP) is 4.36. The summed E-state index contributed by atoms with van der Waals surface area (Å²) in [5.41, 5.74) is 3.86. The molecule has 7 heteroatoms. The number of rotatable bonds is 7. The Labute approximate surface area is 159 Å². The van der Waals surface area contributed by atoms with Gasteiger partial charge in [0.15, 0.2) is 0 Å². The molecule has 2 N–H and O–H groups in total. The number of benzene rings is 2. The van der Waals surface area contributed by atoms with Crippen molar-refractivity contribution in [3.8, 4) is 0 Å². The van der Waals surface area contributed by atoms with Gasteiger partial charge in [-0.05, 0) is 30.7 Å². The highest BCUT2D eigenvalue weighted by Crippen LogP contribution is 2.16. The molecule has 2 aromatic carbocycles. The average Bonchev–Trinajstić information content (AvgIpc) is 2.56. The fraction of sp³-hybridized carbons (Fsp3) is 0.167. The minimum absolute atomic E-state index is 0.134. The summed E-state index contributed by atoms with van der Waals surface area (Å²) in [7, 11) is 0. The summed E-state index contributed by atoms with van der Waals surface area (Å²) >= 11 is 9.33. The molecule has 0 heterocycles. The Kier molecular flexibility index (Phi) is 7.63. The number of halogens is 2. The van der Waals surface area contributed by atoms with Crippen LogP contribution < -0.4 is 10.7 Å². The van der Waals surface area contributed by atoms with Crippen LogP contribution in [-0.2, 0) is 9.59 Å². The van der Waals surface area contributed by atoms with Crippen molar-refractivity contribution in [1.29, 1.82) is 0 Å². The molecule has 2 aromatic rings. The molecule has 0 saturated carbocycles. The van der Waals surface area contributed by atoms with Gasteiger partial charge in [0.25, 0.3) is 0 Å². The molecule has 0 bridgehead atoms. The first-order valence-electron chi connectivity index (χ1n) is 7.66. The van der Waals surface area contributed by atoms with E-state index in [0.29, 0.717) is 17.1 Å². The van der Waals surface area contributed by atoms with Crippen LogP contribution in [-0.4, -0.2) is 18.0 Å². The van der Waals surface area contributed by atoms with Gasteiger partial charge in [-0.25, -0.2) is 5.43 Å². The largest absolute Gasteiger partial charge is 0.326 e. The predicted molar refractivity (Wildman–Crippen MR) is 104 cm³/mol. The molecule has 0 aliphatic heterocycles. The third kappa shape index (κ3) is 7.07. The van der Waals surface area contributed by atoms with Crippen molar-refractivity contribution in [1.82, 2.24) is 5.43 Å². The Bertz CT molecular complexity index is 780. The van der Waals surface area contributed by atoms with Crippen molar-refractivity contribution in [3.63, 3.8) is 0 Å². The number of nitrogens with one attached hydrogen (secondary N) is 2. The summed E-state index contributed by atoms with van der Waals surface area (Å²) in [5, 5.41) is 7.21. The third-order valence-corrected chi connectivity index (χ3v) is 4.05. The van der Waals surface area contributed by atoms with E-state index in [1.54, 1.807) is 18.2 Å². The maximum absolute atomic E-state index is 11.8. The minimum atomic E-state index is -0.251. The second-order valence-electron chi connectivity index (χ2n) is 5.23. The SMILES string of the molecule is O=C(CCCC(=O)Nc1cccc(Br)c1)N/N=C/c1ccccc1Cl. The monoisotopic (exact) mass is 421 g/mol. The van der Waals surface area contributed by atoms with Crippen molar-refractivity contribution in [2.24, 2.45) is 5.10 Å². The average molecular weight is 423 g/mol. The first-order valence-corrected chi connectivity index (χ1v) is 8.83. The van der Waals surface area contributed by atoms with E-state index >= 15 is 0 Å². The molecule has 130 valence electrons. The van der Waals surface area contributed by atoms with Crippen molar-refractivity contribution in [2.75, 3.05) is 5.32 Å². The molecular formula is C18H17BrClN3O2. The Morgan fingerprint density at radius 2 is 1.84 bits per heavy atom. The second kappa shape index (κ2) is 9.96. The van der Waals surface area contributed by atoms with E-state index in [0.717, 1.165) is 10.0 Å². The van der Waals surface area contributed by atoms with Crippen LogP contribution in [0.1, 0.15) is 24.8 Å². The number of amides is 2. The van der Waals surface area contributed by atoms with Gasteiger partial charge in [-0.2, -0.15) is 5.10 Å². The summed E-state index contributed by atoms with van der Waals surface area (Å²) in [6, 6.07) is 14.5. The summed E-state index contributed by atoms with van der Waals surface area (Å²) in [6.07, 6.45) is 2.40. The Hall–Kier alpha value is -2.18. The zero-order chi connectivity index (χ0) is 18.1. The zero-order valence-corrected chi connectivity index (χ0v) is 15.7. The molecule has 0 fully saturated rings. The van der Waals surface area contributed by atoms with Gasteiger partial charge in [-0.15, -0.1) is 0 Å². The van der Waals surface area contributed by atoms with E-state index in [2.05, 4.69) is 31.8 Å². The molecule has 0 unspecified atom stereocenters. The molecule has 0 saturated heterocycles. The lowest BCUT2D eigenvalue weighted by atomic mass is 10.2. The lowest BCUT2D eigenvalue weighted by Crippen LogP contribution is -2.18. The van der Waals surface area contributed by atoms with Crippen LogP contribution in [0.2, 0.25) is 5.02 Å². The Morgan fingerprint density at radius 1 is 1.08 bits per heavy atom. The Balaban J connectivity index is 1.68. The summed E-state index contributed by atoms with van der Waals surface area (Å²) in [6.45, 7) is 0. The number of hydrazone groups is 1. The molecule has 0 radical (unpaired) electrons. The van der Waals surface area contributed by atoms with E-state index in [4.69, 9.17) is 11.6 Å². The lowest BCUT2D eigenvalue weighted by molar-refractivity contribution is -0.121. The molecule has 2 amide bonds. The molecule has 0 aromatic heterocycles. The van der Waals surface area contributed by atoms with Gasteiger partial charge in [-0.1, -0.05) is 51.8 Å². The third-order valence-electron chi connectivity index (χ3n) is 3.21. The highest BCUT2D eigenvalue weighted by molar-refractivity contribution is 9.10. The van der Waals surface area contributed by atoms with Gasteiger partial charge in [0.1, 0.15) is 0 Å². The van der Waals surface area contributed by atoms with E-state index in [-0.39, 0.29) is 24.7 Å². The number of hydrogen-bond donors (Lipinski definition) is 2. The van der Waals surface area contributed by atoms with Crippen LogP contribution in [0, 0.1) is 0 Å². The van der Waals surface area contributed by atoms with E-state index in [1.165, 1.54) is 6.21 Å². The summed E-state index contributed by atoms with van der Waals surface area (Å²) < 4.78 is 0.890. The van der Waals surface area contributed by atoms with E-state index < -0.39 is 0 Å².